The molecule has 2 rings (SSSR count). The van der Waals surface area contributed by atoms with Crippen LogP contribution in [0.15, 0.2) is 42.5 Å². The minimum absolute atomic E-state index is 0.0968. The van der Waals surface area contributed by atoms with Gasteiger partial charge in [0.05, 0.1) is 26.9 Å². The van der Waals surface area contributed by atoms with Crippen molar-refractivity contribution >= 4 is 25.0 Å². The van der Waals surface area contributed by atoms with Crippen molar-refractivity contribution < 1.29 is 37.5 Å². The number of rotatable bonds is 18. The van der Waals surface area contributed by atoms with E-state index in [0.717, 1.165) is 11.1 Å². The highest BCUT2D eigenvalue weighted by Crippen LogP contribution is 2.44. The van der Waals surface area contributed by atoms with E-state index in [1.54, 1.807) is 12.1 Å². The topological polar surface area (TPSA) is 119 Å². The second kappa shape index (κ2) is 17.5. The number of benzene rings is 2. The van der Waals surface area contributed by atoms with Crippen molar-refractivity contribution in [3.05, 3.63) is 63.7 Å². The lowest BCUT2D eigenvalue weighted by molar-refractivity contribution is -0.492. The first kappa shape index (κ1) is 45.9. The Morgan fingerprint density at radius 2 is 1.10 bits per heavy atom. The Morgan fingerprint density at radius 1 is 0.673 bits per heavy atom. The Bertz CT molecular complexity index is 1420. The molecule has 0 aliphatic heterocycles. The third kappa shape index (κ3) is 12.1. The summed E-state index contributed by atoms with van der Waals surface area (Å²) < 4.78 is 39.9. The molecule has 0 fully saturated rings. The van der Waals surface area contributed by atoms with Gasteiger partial charge in [0.15, 0.2) is 36.5 Å². The predicted octanol–water partition coefficient (Wildman–Crippen LogP) is 9.99. The maximum atomic E-state index is 12.6. The number of phenolic OH excluding ortho intramolecular Hbond substituents is 1. The second-order valence-corrected chi connectivity index (χ2v) is 32.8. The minimum Gasteiger partial charge on any atom is -0.502 e. The SMILES string of the molecule is COc1cc(C[C@@H](O[Si](C)(C)C(C)(C)C)[C@H](OCc2ccccc2)[C@@H](O[Si](C)(C)C(C)(C)C)[C@H](C[N+](=O)[O-])O[Si](C)(C)C(C)(C)C)cc(OC)c1O. The molecule has 13 heteroatoms. The molecule has 296 valence electrons. The van der Waals surface area contributed by atoms with Crippen LogP contribution in [0.5, 0.6) is 17.2 Å². The number of hydrogen-bond donors (Lipinski definition) is 1. The second-order valence-electron chi connectivity index (χ2n) is 18.5. The van der Waals surface area contributed by atoms with E-state index in [1.165, 1.54) is 14.2 Å². The molecular weight excluding hydrogens is 711 g/mol. The lowest BCUT2D eigenvalue weighted by Gasteiger charge is -2.48. The zero-order chi connectivity index (χ0) is 40.1. The van der Waals surface area contributed by atoms with Crippen molar-refractivity contribution in [1.29, 1.82) is 0 Å². The molecule has 1 N–H and O–H groups in total. The molecule has 2 aromatic rings. The fourth-order valence-electron chi connectivity index (χ4n) is 5.04. The molecular formula is C39H69NO9Si3. The fraction of sp³-hybridized carbons (Fsp3) is 0.692. The first-order valence-corrected chi connectivity index (χ1v) is 27.0. The molecule has 0 aliphatic carbocycles. The normalized spacial score (nSPS) is 15.9. The largest absolute Gasteiger partial charge is 0.502 e. The molecule has 0 heterocycles. The molecule has 0 radical (unpaired) electrons. The average molecular weight is 780 g/mol. The molecule has 0 aromatic heterocycles. The van der Waals surface area contributed by atoms with Gasteiger partial charge >= 0.3 is 0 Å². The minimum atomic E-state index is -2.63. The van der Waals surface area contributed by atoms with Crippen LogP contribution in [0.4, 0.5) is 0 Å². The monoisotopic (exact) mass is 779 g/mol. The van der Waals surface area contributed by atoms with Crippen LogP contribution in [-0.4, -0.2) is 80.2 Å². The number of hydrogen-bond acceptors (Lipinski definition) is 9. The van der Waals surface area contributed by atoms with Gasteiger partial charge < -0.3 is 32.6 Å². The summed E-state index contributed by atoms with van der Waals surface area (Å²) >= 11 is 0. The summed E-state index contributed by atoms with van der Waals surface area (Å²) in [7, 11) is -4.75. The van der Waals surface area contributed by atoms with Crippen LogP contribution in [0, 0.1) is 10.1 Å². The quantitative estimate of drug-likeness (QED) is 0.0896. The van der Waals surface area contributed by atoms with Crippen LogP contribution < -0.4 is 9.47 Å². The third-order valence-electron chi connectivity index (χ3n) is 11.4. The zero-order valence-electron chi connectivity index (χ0n) is 35.1. The molecule has 0 saturated carbocycles. The number of nitro groups is 1. The average Bonchev–Trinajstić information content (AvgIpc) is 2.99. The summed E-state index contributed by atoms with van der Waals surface area (Å²) in [6.07, 6.45) is -2.92. The van der Waals surface area contributed by atoms with Crippen molar-refractivity contribution in [3.63, 3.8) is 0 Å². The summed E-state index contributed by atoms with van der Waals surface area (Å²) in [6, 6.07) is 13.4. The van der Waals surface area contributed by atoms with Crippen molar-refractivity contribution in [2.24, 2.45) is 0 Å². The standard InChI is InChI=1S/C39H69NO9Si3/c1-37(2,3)50(12,13)47-32(25-29-23-30(44-10)34(41)31(24-29)45-11)35(46-27-28-21-19-18-20-22-28)36(49-52(16,17)39(7,8)9)33(26-40(42)43)48-51(14,15)38(4,5)6/h18-24,32-33,35-36,41H,25-27H2,1-17H3/t32-,33+,35+,36+/m1/s1. The number of nitrogens with zero attached hydrogens (tertiary/aromatic N) is 1. The van der Waals surface area contributed by atoms with Gasteiger partial charge in [-0.1, -0.05) is 92.6 Å². The van der Waals surface area contributed by atoms with E-state index in [1.807, 2.05) is 30.3 Å². The van der Waals surface area contributed by atoms with Gasteiger partial charge in [-0.05, 0) is 77.7 Å². The highest BCUT2D eigenvalue weighted by molar-refractivity contribution is 6.75. The Kier molecular flexibility index (Phi) is 15.4. The lowest BCUT2D eigenvalue weighted by atomic mass is 9.96. The molecule has 0 amide bonds. The van der Waals surface area contributed by atoms with Crippen molar-refractivity contribution in [1.82, 2.24) is 0 Å². The Morgan fingerprint density at radius 3 is 1.50 bits per heavy atom. The molecule has 0 bridgehead atoms. The molecule has 0 saturated heterocycles. The summed E-state index contributed by atoms with van der Waals surface area (Å²) in [5.74, 6) is 0.438. The number of ether oxygens (including phenoxy) is 3. The van der Waals surface area contributed by atoms with Crippen LogP contribution in [-0.2, 0) is 31.0 Å². The third-order valence-corrected chi connectivity index (χ3v) is 24.9. The Hall–Kier alpha value is -2.27. The van der Waals surface area contributed by atoms with Gasteiger partial charge in [0.2, 0.25) is 12.3 Å². The smallest absolute Gasteiger partial charge is 0.231 e. The number of phenols is 1. The highest BCUT2D eigenvalue weighted by atomic mass is 28.4. The van der Waals surface area contributed by atoms with E-state index in [4.69, 9.17) is 27.5 Å². The zero-order valence-corrected chi connectivity index (χ0v) is 38.1. The van der Waals surface area contributed by atoms with E-state index in [2.05, 4.69) is 102 Å². The van der Waals surface area contributed by atoms with Gasteiger partial charge in [-0.15, -0.1) is 0 Å². The molecule has 0 spiro atoms. The summed E-state index contributed by atoms with van der Waals surface area (Å²) in [5, 5.41) is 22.8. The molecule has 10 nitrogen and oxygen atoms in total. The van der Waals surface area contributed by atoms with E-state index >= 15 is 0 Å². The first-order chi connectivity index (χ1) is 23.6. The van der Waals surface area contributed by atoms with Crippen LogP contribution >= 0.6 is 0 Å². The van der Waals surface area contributed by atoms with Gasteiger partial charge in [-0.3, -0.25) is 10.1 Å². The summed E-state index contributed by atoms with van der Waals surface area (Å²) in [5.41, 5.74) is 1.74. The molecule has 2 aromatic carbocycles. The van der Waals surface area contributed by atoms with Crippen LogP contribution in [0.2, 0.25) is 54.4 Å². The first-order valence-electron chi connectivity index (χ1n) is 18.3. The lowest BCUT2D eigenvalue weighted by Crippen LogP contribution is -2.61. The number of aromatic hydroxyl groups is 1. The van der Waals surface area contributed by atoms with Gasteiger partial charge in [0.25, 0.3) is 0 Å². The van der Waals surface area contributed by atoms with E-state index < -0.39 is 55.9 Å². The van der Waals surface area contributed by atoms with Crippen molar-refractivity contribution in [2.75, 3.05) is 20.8 Å². The fourth-order valence-corrected chi connectivity index (χ4v) is 9.01. The Balaban J connectivity index is 3.03. The van der Waals surface area contributed by atoms with Crippen LogP contribution in [0.25, 0.3) is 0 Å². The summed E-state index contributed by atoms with van der Waals surface area (Å²) in [6.45, 7) is 32.1. The van der Waals surface area contributed by atoms with Crippen LogP contribution in [0.3, 0.4) is 0 Å². The summed E-state index contributed by atoms with van der Waals surface area (Å²) in [4.78, 5) is 12.3. The van der Waals surface area contributed by atoms with Gasteiger partial charge in [-0.25, -0.2) is 0 Å². The molecule has 52 heavy (non-hydrogen) atoms. The molecule has 4 atom stereocenters. The highest BCUT2D eigenvalue weighted by Gasteiger charge is 2.51. The van der Waals surface area contributed by atoms with E-state index in [0.29, 0.717) is 6.42 Å². The van der Waals surface area contributed by atoms with Crippen LogP contribution in [0.1, 0.15) is 73.4 Å². The molecule has 0 aliphatic rings. The van der Waals surface area contributed by atoms with E-state index in [9.17, 15) is 15.2 Å². The van der Waals surface area contributed by atoms with Crippen molar-refractivity contribution in [3.8, 4) is 17.2 Å². The molecule has 0 unspecified atom stereocenters. The maximum Gasteiger partial charge on any atom is 0.231 e. The van der Waals surface area contributed by atoms with Gasteiger partial charge in [0, 0.05) is 11.3 Å². The van der Waals surface area contributed by atoms with Gasteiger partial charge in [-0.2, -0.15) is 0 Å². The van der Waals surface area contributed by atoms with Crippen molar-refractivity contribution in [2.45, 2.75) is 154 Å². The predicted molar refractivity (Wildman–Crippen MR) is 218 cm³/mol. The van der Waals surface area contributed by atoms with Gasteiger partial charge in [0.1, 0.15) is 18.3 Å². The Labute approximate surface area is 317 Å². The maximum absolute atomic E-state index is 12.6. The number of methoxy groups -OCH3 is 2. The van der Waals surface area contributed by atoms with E-state index in [-0.39, 0.29) is 43.9 Å².